The third-order valence-corrected chi connectivity index (χ3v) is 3.80. The average molecular weight is 216 g/mol. The zero-order chi connectivity index (χ0) is 8.69. The molecule has 0 saturated carbocycles. The van der Waals surface area contributed by atoms with Crippen LogP contribution >= 0.6 is 31.8 Å². The van der Waals surface area contributed by atoms with Gasteiger partial charge in [0.05, 0.1) is 0 Å². The van der Waals surface area contributed by atoms with Gasteiger partial charge in [-0.15, -0.1) is 23.5 Å². The van der Waals surface area contributed by atoms with Crippen LogP contribution in [0.5, 0.6) is 0 Å². The van der Waals surface area contributed by atoms with E-state index in [1.54, 1.807) is 0 Å². The highest BCUT2D eigenvalue weighted by atomic mass is 32.2. The van der Waals surface area contributed by atoms with E-state index in [1.165, 1.54) is 23.5 Å². The number of hydrogen-bond donors (Lipinski definition) is 1. The average Bonchev–Trinajstić information content (AvgIpc) is 1.87. The summed E-state index contributed by atoms with van der Waals surface area (Å²) in [5.74, 6) is 1.79. The molecule has 0 spiro atoms. The Bertz CT molecular complexity index is 116. The van der Waals surface area contributed by atoms with Crippen molar-refractivity contribution < 1.29 is 14.0 Å². The number of thioether (sulfide) groups is 2. The molecule has 0 aromatic carbocycles. The van der Waals surface area contributed by atoms with Crippen LogP contribution in [0.1, 0.15) is 13.8 Å². The number of hydrogen-bond acceptors (Lipinski definition) is 4. The van der Waals surface area contributed by atoms with Crippen molar-refractivity contribution in [1.29, 1.82) is 0 Å². The Morgan fingerprint density at radius 2 is 1.91 bits per heavy atom. The highest BCUT2D eigenvalue weighted by Crippen LogP contribution is 2.32. The number of rotatable bonds is 6. The lowest BCUT2D eigenvalue weighted by Crippen LogP contribution is -1.98. The van der Waals surface area contributed by atoms with Gasteiger partial charge in [0.1, 0.15) is 0 Å². The lowest BCUT2D eigenvalue weighted by Gasteiger charge is -2.12. The molecule has 3 nitrogen and oxygen atoms in total. The first-order chi connectivity index (χ1) is 5.20. The van der Waals surface area contributed by atoms with Gasteiger partial charge in [-0.3, -0.25) is 9.09 Å². The van der Waals surface area contributed by atoms with Crippen molar-refractivity contribution in [2.45, 2.75) is 18.6 Å². The van der Waals surface area contributed by atoms with E-state index in [4.69, 9.17) is 9.42 Å². The van der Waals surface area contributed by atoms with Gasteiger partial charge in [-0.2, -0.15) is 0 Å². The molecule has 0 bridgehead atoms. The van der Waals surface area contributed by atoms with E-state index in [-0.39, 0.29) is 4.77 Å². The molecule has 0 aromatic rings. The van der Waals surface area contributed by atoms with E-state index in [9.17, 15) is 4.57 Å². The molecule has 6 heteroatoms. The van der Waals surface area contributed by atoms with Crippen LogP contribution in [0.3, 0.4) is 0 Å². The Balaban J connectivity index is 3.59. The van der Waals surface area contributed by atoms with Crippen LogP contribution < -0.4 is 0 Å². The quantitative estimate of drug-likeness (QED) is 0.544. The summed E-state index contributed by atoms with van der Waals surface area (Å²) in [7, 11) is -2.77. The maximum absolute atomic E-state index is 10.3. The highest BCUT2D eigenvalue weighted by Gasteiger charge is 2.09. The van der Waals surface area contributed by atoms with Crippen molar-refractivity contribution in [2.75, 3.05) is 11.5 Å². The minimum absolute atomic E-state index is 0.179. The molecule has 0 aliphatic carbocycles. The lowest BCUT2D eigenvalue weighted by atomic mass is 11.0. The van der Waals surface area contributed by atoms with Crippen molar-refractivity contribution in [3.05, 3.63) is 0 Å². The van der Waals surface area contributed by atoms with Crippen LogP contribution in [0.2, 0.25) is 0 Å². The Kier molecular flexibility index (Phi) is 8.08. The van der Waals surface area contributed by atoms with Crippen LogP contribution in [0.25, 0.3) is 0 Å². The van der Waals surface area contributed by atoms with Crippen LogP contribution in [0.4, 0.5) is 0 Å². The first-order valence-electron chi connectivity index (χ1n) is 3.33. The second kappa shape index (κ2) is 7.50. The molecule has 0 radical (unpaired) electrons. The first kappa shape index (κ1) is 11.8. The Hall–Kier alpha value is 0.850. The maximum Gasteiger partial charge on any atom is 0.318 e. The van der Waals surface area contributed by atoms with Crippen molar-refractivity contribution >= 4 is 31.8 Å². The maximum atomic E-state index is 10.3. The molecule has 0 fully saturated rings. The van der Waals surface area contributed by atoms with Gasteiger partial charge >= 0.3 is 8.25 Å². The summed E-state index contributed by atoms with van der Waals surface area (Å²) >= 11 is 3.07. The Labute approximate surface area is 76.2 Å². The summed E-state index contributed by atoms with van der Waals surface area (Å²) in [6.07, 6.45) is 0. The molecule has 0 aliphatic heterocycles. The van der Waals surface area contributed by atoms with E-state index in [0.29, 0.717) is 0 Å². The lowest BCUT2D eigenvalue weighted by molar-refractivity contribution is 0.314. The predicted octanol–water partition coefficient (Wildman–Crippen LogP) is 2.17. The first-order valence-corrected chi connectivity index (χ1v) is 6.69. The summed E-state index contributed by atoms with van der Waals surface area (Å²) < 4.78 is 14.9. The largest absolute Gasteiger partial charge is 0.326 e. The van der Waals surface area contributed by atoms with E-state index < -0.39 is 8.25 Å². The second-order valence-electron chi connectivity index (χ2n) is 1.58. The monoisotopic (exact) mass is 216 g/mol. The molecule has 68 valence electrons. The summed E-state index contributed by atoms with van der Waals surface area (Å²) in [6, 6.07) is 0. The molecular weight excluding hydrogens is 203 g/mol. The smallest absolute Gasteiger partial charge is 0.318 e. The van der Waals surface area contributed by atoms with E-state index in [0.717, 1.165) is 11.5 Å². The van der Waals surface area contributed by atoms with Gasteiger partial charge in [-0.1, -0.05) is 13.8 Å². The second-order valence-corrected chi connectivity index (χ2v) is 5.33. The minimum Gasteiger partial charge on any atom is -0.326 e. The van der Waals surface area contributed by atoms with E-state index in [2.05, 4.69) is 0 Å². The third-order valence-electron chi connectivity index (χ3n) is 0.803. The topological polar surface area (TPSA) is 46.5 Å². The van der Waals surface area contributed by atoms with E-state index >= 15 is 0 Å². The van der Waals surface area contributed by atoms with Gasteiger partial charge in [-0.05, 0) is 11.5 Å². The molecule has 0 saturated heterocycles. The standard InChI is InChI=1S/C5H13O3PS2/c1-3-10-5(11-4-2)8-9(6)7/h5,9H,3-4H2,1-2H3,(H,6,7). The Morgan fingerprint density at radius 3 is 2.18 bits per heavy atom. The molecule has 1 N–H and O–H groups in total. The van der Waals surface area contributed by atoms with Crippen LogP contribution in [0.15, 0.2) is 0 Å². The predicted molar refractivity (Wildman–Crippen MR) is 52.4 cm³/mol. The van der Waals surface area contributed by atoms with Crippen molar-refractivity contribution in [3.8, 4) is 0 Å². The summed E-state index contributed by atoms with van der Waals surface area (Å²) in [6.45, 7) is 3.98. The van der Waals surface area contributed by atoms with Gasteiger partial charge in [0, 0.05) is 0 Å². The van der Waals surface area contributed by atoms with Crippen LogP contribution in [0, 0.1) is 0 Å². The molecule has 0 aromatic heterocycles. The SMILES string of the molecule is CCSC(O[PH](=O)O)SCC. The van der Waals surface area contributed by atoms with Gasteiger partial charge in [0.25, 0.3) is 0 Å². The normalized spacial score (nSPS) is 13.8. The van der Waals surface area contributed by atoms with E-state index in [1.807, 2.05) is 13.8 Å². The van der Waals surface area contributed by atoms with Crippen LogP contribution in [-0.2, 0) is 9.09 Å². The molecule has 0 amide bonds. The fourth-order valence-electron chi connectivity index (χ4n) is 0.471. The van der Waals surface area contributed by atoms with Gasteiger partial charge in [0.15, 0.2) is 4.77 Å². The zero-order valence-electron chi connectivity index (χ0n) is 6.57. The highest BCUT2D eigenvalue weighted by molar-refractivity contribution is 8.16. The molecule has 1 atom stereocenters. The van der Waals surface area contributed by atoms with Gasteiger partial charge < -0.3 is 4.89 Å². The van der Waals surface area contributed by atoms with Crippen molar-refractivity contribution in [3.63, 3.8) is 0 Å². The fraction of sp³-hybridized carbons (Fsp3) is 1.00. The molecule has 11 heavy (non-hydrogen) atoms. The fourth-order valence-corrected chi connectivity index (χ4v) is 3.42. The summed E-state index contributed by atoms with van der Waals surface area (Å²) in [5.41, 5.74) is 0. The summed E-state index contributed by atoms with van der Waals surface area (Å²) in [4.78, 5) is 8.47. The molecule has 1 unspecified atom stereocenters. The molecular formula is C5H13O3PS2. The Morgan fingerprint density at radius 1 is 1.45 bits per heavy atom. The summed E-state index contributed by atoms with van der Waals surface area (Å²) in [5, 5.41) is 0. The molecule has 0 rings (SSSR count). The third kappa shape index (κ3) is 7.22. The van der Waals surface area contributed by atoms with Crippen molar-refractivity contribution in [2.24, 2.45) is 0 Å². The molecule has 0 aliphatic rings. The van der Waals surface area contributed by atoms with Gasteiger partial charge in [-0.25, -0.2) is 0 Å². The van der Waals surface area contributed by atoms with Gasteiger partial charge in [0.2, 0.25) is 0 Å². The van der Waals surface area contributed by atoms with Crippen molar-refractivity contribution in [1.82, 2.24) is 0 Å². The zero-order valence-corrected chi connectivity index (χ0v) is 9.20. The minimum atomic E-state index is -2.77. The molecule has 0 heterocycles. The van der Waals surface area contributed by atoms with Crippen LogP contribution in [-0.4, -0.2) is 21.2 Å².